The van der Waals surface area contributed by atoms with Crippen LogP contribution < -0.4 is 5.32 Å². The van der Waals surface area contributed by atoms with E-state index >= 15 is 0 Å². The van der Waals surface area contributed by atoms with E-state index in [-0.39, 0.29) is 12.5 Å². The van der Waals surface area contributed by atoms with Gasteiger partial charge in [0.25, 0.3) is 11.8 Å². The number of nitrogens with one attached hydrogen (secondary N) is 1. The van der Waals surface area contributed by atoms with Gasteiger partial charge in [0.15, 0.2) is 0 Å². The van der Waals surface area contributed by atoms with Crippen molar-refractivity contribution in [1.29, 1.82) is 0 Å². The molecule has 1 N–H and O–H groups in total. The molecule has 3 rings (SSSR count). The number of hydrogen-bond acceptors (Lipinski definition) is 6. The quantitative estimate of drug-likeness (QED) is 0.788. The van der Waals surface area contributed by atoms with Gasteiger partial charge in [-0.15, -0.1) is 10.2 Å². The number of carbonyl (C=O) groups excluding carboxylic acids is 1. The summed E-state index contributed by atoms with van der Waals surface area (Å²) in [6.07, 6.45) is 4.86. The summed E-state index contributed by atoms with van der Waals surface area (Å²) in [5.41, 5.74) is 1.97. The summed E-state index contributed by atoms with van der Waals surface area (Å²) in [6, 6.07) is 7.08. The first-order chi connectivity index (χ1) is 10.7. The predicted molar refractivity (Wildman–Crippen MR) is 77.7 cm³/mol. The standard InChI is InChI=1S/C15H13N5O2/c1-10-8-16-7-5-11(10)14(21)18-9-13-19-20-15(22-13)12-4-2-3-6-17-12/h2-8H,9H2,1H3,(H,18,21). The van der Waals surface area contributed by atoms with Crippen LogP contribution in [0.3, 0.4) is 0 Å². The van der Waals surface area contributed by atoms with Crippen LogP contribution in [0.1, 0.15) is 21.8 Å². The van der Waals surface area contributed by atoms with Gasteiger partial charge in [0, 0.05) is 24.2 Å². The van der Waals surface area contributed by atoms with Gasteiger partial charge in [0.1, 0.15) is 5.69 Å². The molecule has 0 aromatic carbocycles. The van der Waals surface area contributed by atoms with Crippen LogP contribution in [-0.4, -0.2) is 26.1 Å². The smallest absolute Gasteiger partial charge is 0.266 e. The summed E-state index contributed by atoms with van der Waals surface area (Å²) in [7, 11) is 0. The number of pyridine rings is 2. The molecule has 0 atom stereocenters. The third-order valence-electron chi connectivity index (χ3n) is 3.02. The highest BCUT2D eigenvalue weighted by molar-refractivity contribution is 5.95. The van der Waals surface area contributed by atoms with Crippen molar-refractivity contribution in [1.82, 2.24) is 25.5 Å². The summed E-state index contributed by atoms with van der Waals surface area (Å²) < 4.78 is 5.47. The second kappa shape index (κ2) is 6.13. The number of hydrogen-bond donors (Lipinski definition) is 1. The first kappa shape index (κ1) is 13.9. The van der Waals surface area contributed by atoms with Crippen molar-refractivity contribution in [2.24, 2.45) is 0 Å². The third-order valence-corrected chi connectivity index (χ3v) is 3.02. The van der Waals surface area contributed by atoms with E-state index in [2.05, 4.69) is 25.5 Å². The molecule has 0 aliphatic rings. The Morgan fingerprint density at radius 2 is 2.14 bits per heavy atom. The zero-order valence-electron chi connectivity index (χ0n) is 11.9. The highest BCUT2D eigenvalue weighted by atomic mass is 16.4. The Hall–Kier alpha value is -3.09. The van der Waals surface area contributed by atoms with Crippen molar-refractivity contribution < 1.29 is 9.21 Å². The Morgan fingerprint density at radius 3 is 2.91 bits per heavy atom. The van der Waals surface area contributed by atoms with Crippen LogP contribution in [0.2, 0.25) is 0 Å². The van der Waals surface area contributed by atoms with Gasteiger partial charge in [-0.3, -0.25) is 14.8 Å². The second-order valence-corrected chi connectivity index (χ2v) is 4.59. The minimum atomic E-state index is -0.211. The number of aromatic nitrogens is 4. The van der Waals surface area contributed by atoms with Crippen LogP contribution >= 0.6 is 0 Å². The molecule has 7 nitrogen and oxygen atoms in total. The van der Waals surface area contributed by atoms with Crippen LogP contribution in [0.4, 0.5) is 0 Å². The van der Waals surface area contributed by atoms with E-state index in [0.717, 1.165) is 5.56 Å². The number of rotatable bonds is 4. The molecule has 0 radical (unpaired) electrons. The number of amides is 1. The topological polar surface area (TPSA) is 93.8 Å². The van der Waals surface area contributed by atoms with E-state index in [4.69, 9.17) is 4.42 Å². The lowest BCUT2D eigenvalue weighted by molar-refractivity contribution is 0.0946. The van der Waals surface area contributed by atoms with Gasteiger partial charge >= 0.3 is 0 Å². The average molecular weight is 295 g/mol. The van der Waals surface area contributed by atoms with Gasteiger partial charge < -0.3 is 9.73 Å². The Labute approximate surface area is 126 Å². The van der Waals surface area contributed by atoms with Crippen molar-refractivity contribution in [3.8, 4) is 11.6 Å². The van der Waals surface area contributed by atoms with E-state index in [1.807, 2.05) is 13.0 Å². The first-order valence-corrected chi connectivity index (χ1v) is 6.66. The van der Waals surface area contributed by atoms with Crippen molar-refractivity contribution in [2.75, 3.05) is 0 Å². The maximum Gasteiger partial charge on any atom is 0.266 e. The van der Waals surface area contributed by atoms with Crippen molar-refractivity contribution in [3.05, 3.63) is 59.9 Å². The maximum atomic E-state index is 12.1. The normalized spacial score (nSPS) is 10.4. The van der Waals surface area contributed by atoms with E-state index < -0.39 is 0 Å². The number of carbonyl (C=O) groups is 1. The average Bonchev–Trinajstić information content (AvgIpc) is 3.03. The largest absolute Gasteiger partial charge is 0.417 e. The Bertz CT molecular complexity index is 785. The third kappa shape index (κ3) is 2.98. The molecule has 0 aliphatic carbocycles. The van der Waals surface area contributed by atoms with E-state index in [1.165, 1.54) is 0 Å². The van der Waals surface area contributed by atoms with Gasteiger partial charge in [0.2, 0.25) is 5.89 Å². The lowest BCUT2D eigenvalue weighted by Gasteiger charge is -2.04. The van der Waals surface area contributed by atoms with Crippen LogP contribution in [0, 0.1) is 6.92 Å². The summed E-state index contributed by atoms with van der Waals surface area (Å²) in [6.45, 7) is 1.98. The molecular formula is C15H13N5O2. The molecule has 3 heterocycles. The molecule has 0 saturated carbocycles. The monoisotopic (exact) mass is 295 g/mol. The minimum absolute atomic E-state index is 0.153. The van der Waals surface area contributed by atoms with Gasteiger partial charge in [-0.25, -0.2) is 0 Å². The van der Waals surface area contributed by atoms with Crippen LogP contribution in [0.25, 0.3) is 11.6 Å². The Morgan fingerprint density at radius 1 is 1.23 bits per heavy atom. The first-order valence-electron chi connectivity index (χ1n) is 6.66. The molecule has 0 aliphatic heterocycles. The predicted octanol–water partition coefficient (Wildman–Crippen LogP) is 1.77. The second-order valence-electron chi connectivity index (χ2n) is 4.59. The summed E-state index contributed by atoms with van der Waals surface area (Å²) in [5.74, 6) is 0.433. The molecule has 0 fully saturated rings. The molecule has 3 aromatic rings. The zero-order chi connectivity index (χ0) is 15.4. The lowest BCUT2D eigenvalue weighted by Crippen LogP contribution is -2.23. The molecule has 0 unspecified atom stereocenters. The zero-order valence-corrected chi connectivity index (χ0v) is 11.9. The minimum Gasteiger partial charge on any atom is -0.417 e. The van der Waals surface area contributed by atoms with Crippen LogP contribution in [0.15, 0.2) is 47.3 Å². The Kier molecular flexibility index (Phi) is 3.86. The highest BCUT2D eigenvalue weighted by Gasteiger charge is 2.12. The van der Waals surface area contributed by atoms with Crippen LogP contribution in [-0.2, 0) is 6.54 Å². The molecule has 0 saturated heterocycles. The highest BCUT2D eigenvalue weighted by Crippen LogP contribution is 2.14. The van der Waals surface area contributed by atoms with Gasteiger partial charge in [0.05, 0.1) is 6.54 Å². The SMILES string of the molecule is Cc1cnccc1C(=O)NCc1nnc(-c2ccccn2)o1. The number of aryl methyl sites for hydroxylation is 1. The number of nitrogens with zero attached hydrogens (tertiary/aromatic N) is 4. The van der Waals surface area contributed by atoms with Crippen molar-refractivity contribution >= 4 is 5.91 Å². The molecule has 0 spiro atoms. The van der Waals surface area contributed by atoms with Gasteiger partial charge in [-0.05, 0) is 30.7 Å². The summed E-state index contributed by atoms with van der Waals surface area (Å²) >= 11 is 0. The molecule has 3 aromatic heterocycles. The summed E-state index contributed by atoms with van der Waals surface area (Å²) in [4.78, 5) is 20.2. The fourth-order valence-corrected chi connectivity index (χ4v) is 1.90. The Balaban J connectivity index is 1.67. The molecule has 110 valence electrons. The molecule has 7 heteroatoms. The molecule has 1 amide bonds. The summed E-state index contributed by atoms with van der Waals surface area (Å²) in [5, 5.41) is 10.5. The van der Waals surface area contributed by atoms with Crippen molar-refractivity contribution in [3.63, 3.8) is 0 Å². The fraction of sp³-hybridized carbons (Fsp3) is 0.133. The lowest BCUT2D eigenvalue weighted by atomic mass is 10.1. The van der Waals surface area contributed by atoms with E-state index in [1.54, 1.807) is 36.8 Å². The molecule has 0 bridgehead atoms. The van der Waals surface area contributed by atoms with E-state index in [9.17, 15) is 4.79 Å². The molecular weight excluding hydrogens is 282 g/mol. The molecule has 22 heavy (non-hydrogen) atoms. The van der Waals surface area contributed by atoms with Gasteiger partial charge in [-0.2, -0.15) is 0 Å². The van der Waals surface area contributed by atoms with Crippen LogP contribution in [0.5, 0.6) is 0 Å². The maximum absolute atomic E-state index is 12.1. The van der Waals surface area contributed by atoms with Crippen molar-refractivity contribution in [2.45, 2.75) is 13.5 Å². The fourth-order valence-electron chi connectivity index (χ4n) is 1.90. The van der Waals surface area contributed by atoms with E-state index in [0.29, 0.717) is 23.0 Å². The van der Waals surface area contributed by atoms with Gasteiger partial charge in [-0.1, -0.05) is 6.07 Å².